The number of amides is 1. The van der Waals surface area contributed by atoms with Crippen molar-refractivity contribution in [3.8, 4) is 0 Å². The number of nitrogens with one attached hydrogen (secondary N) is 2. The van der Waals surface area contributed by atoms with Gasteiger partial charge in [-0.3, -0.25) is 14.3 Å². The zero-order chi connectivity index (χ0) is 15.4. The van der Waals surface area contributed by atoms with E-state index in [2.05, 4.69) is 15.7 Å². The Labute approximate surface area is 135 Å². The first kappa shape index (κ1) is 18.1. The number of hydrogen-bond donors (Lipinski definition) is 2. The van der Waals surface area contributed by atoms with Gasteiger partial charge in [-0.15, -0.1) is 12.4 Å². The van der Waals surface area contributed by atoms with E-state index in [9.17, 15) is 9.59 Å². The zero-order valence-corrected chi connectivity index (χ0v) is 13.7. The average molecular weight is 325 g/mol. The molecule has 2 rings (SSSR count). The first-order valence-corrected chi connectivity index (χ1v) is 7.03. The summed E-state index contributed by atoms with van der Waals surface area (Å²) in [6.07, 6.45) is 0. The maximum Gasteiger partial charge on any atom is 0.275 e. The summed E-state index contributed by atoms with van der Waals surface area (Å²) in [6, 6.07) is 7.32. The number of likely N-dealkylation sites (N-methyl/N-ethyl adjacent to an activating group) is 1. The third-order valence-corrected chi connectivity index (χ3v) is 3.44. The molecule has 0 bridgehead atoms. The fraction of sp³-hybridized carbons (Fsp3) is 0.400. The Morgan fingerprint density at radius 1 is 1.36 bits per heavy atom. The Bertz CT molecular complexity index is 714. The first-order chi connectivity index (χ1) is 10.1. The van der Waals surface area contributed by atoms with Crippen LogP contribution in [0.15, 0.2) is 29.1 Å². The van der Waals surface area contributed by atoms with E-state index in [4.69, 9.17) is 0 Å². The van der Waals surface area contributed by atoms with Crippen molar-refractivity contribution >= 4 is 29.2 Å². The zero-order valence-electron chi connectivity index (χ0n) is 12.9. The second kappa shape index (κ2) is 7.91. The van der Waals surface area contributed by atoms with E-state index in [0.717, 1.165) is 5.52 Å². The van der Waals surface area contributed by atoms with Gasteiger partial charge in [0.25, 0.3) is 5.91 Å². The molecule has 2 aromatic rings. The third kappa shape index (κ3) is 3.64. The number of benzene rings is 1. The number of hydrogen-bond acceptors (Lipinski definition) is 4. The Balaban J connectivity index is 0.00000242. The molecule has 0 saturated heterocycles. The minimum Gasteiger partial charge on any atom is -0.349 e. The summed E-state index contributed by atoms with van der Waals surface area (Å²) in [5.41, 5.74) is 0.355. The van der Waals surface area contributed by atoms with Gasteiger partial charge in [0, 0.05) is 24.5 Å². The number of carbonyl (C=O) groups excluding carboxylic acids is 1. The molecule has 7 heteroatoms. The fourth-order valence-electron chi connectivity index (χ4n) is 2.06. The highest BCUT2D eigenvalue weighted by Gasteiger charge is 2.17. The Kier molecular flexibility index (Phi) is 6.52. The lowest BCUT2D eigenvalue weighted by Crippen LogP contribution is -2.39. The Morgan fingerprint density at radius 3 is 2.68 bits per heavy atom. The molecule has 120 valence electrons. The van der Waals surface area contributed by atoms with Crippen LogP contribution in [-0.4, -0.2) is 35.3 Å². The van der Waals surface area contributed by atoms with Gasteiger partial charge in [-0.25, -0.2) is 0 Å². The van der Waals surface area contributed by atoms with Crippen molar-refractivity contribution in [2.24, 2.45) is 0 Å². The minimum absolute atomic E-state index is 0. The summed E-state index contributed by atoms with van der Waals surface area (Å²) in [4.78, 5) is 24.6. The van der Waals surface area contributed by atoms with E-state index >= 15 is 0 Å². The number of nitrogens with zero attached hydrogens (tertiary/aromatic N) is 2. The van der Waals surface area contributed by atoms with E-state index in [1.54, 1.807) is 16.8 Å². The quantitative estimate of drug-likeness (QED) is 0.866. The molecule has 1 heterocycles. The molecule has 0 saturated carbocycles. The maximum atomic E-state index is 12.4. The van der Waals surface area contributed by atoms with Gasteiger partial charge in [-0.2, -0.15) is 5.10 Å². The van der Waals surface area contributed by atoms with Gasteiger partial charge in [0.15, 0.2) is 5.69 Å². The number of fused-ring (bicyclic) bond motifs is 1. The van der Waals surface area contributed by atoms with Crippen LogP contribution in [0.5, 0.6) is 0 Å². The smallest absolute Gasteiger partial charge is 0.275 e. The first-order valence-electron chi connectivity index (χ1n) is 7.03. The topological polar surface area (TPSA) is 76.0 Å². The standard InChI is InChI=1S/C15H20N4O2.ClH/c1-4-19-12-8-6-5-7-11(12)14(20)13(18-19)15(21)17-9-10(2)16-3;/h5-8,10,16H,4,9H2,1-3H3,(H,17,21);1H. The van der Waals surface area contributed by atoms with Crippen LogP contribution in [0.2, 0.25) is 0 Å². The van der Waals surface area contributed by atoms with E-state index in [-0.39, 0.29) is 29.6 Å². The molecule has 0 radical (unpaired) electrons. The maximum absolute atomic E-state index is 12.4. The van der Waals surface area contributed by atoms with Crippen LogP contribution < -0.4 is 16.1 Å². The Morgan fingerprint density at radius 2 is 2.05 bits per heavy atom. The number of para-hydroxylation sites is 1. The van der Waals surface area contributed by atoms with Gasteiger partial charge in [-0.05, 0) is 33.0 Å². The van der Waals surface area contributed by atoms with Crippen molar-refractivity contribution in [3.63, 3.8) is 0 Å². The summed E-state index contributed by atoms with van der Waals surface area (Å²) in [5.74, 6) is -0.435. The second-order valence-electron chi connectivity index (χ2n) is 4.91. The van der Waals surface area contributed by atoms with Crippen LogP contribution in [0, 0.1) is 0 Å². The van der Waals surface area contributed by atoms with Crippen LogP contribution >= 0.6 is 12.4 Å². The molecule has 22 heavy (non-hydrogen) atoms. The lowest BCUT2D eigenvalue weighted by atomic mass is 10.2. The molecule has 1 amide bonds. The van der Waals surface area contributed by atoms with Gasteiger partial charge in [0.1, 0.15) is 0 Å². The van der Waals surface area contributed by atoms with Crippen LogP contribution in [0.1, 0.15) is 24.3 Å². The van der Waals surface area contributed by atoms with Crippen molar-refractivity contribution in [1.82, 2.24) is 20.4 Å². The summed E-state index contributed by atoms with van der Waals surface area (Å²) >= 11 is 0. The van der Waals surface area contributed by atoms with Gasteiger partial charge in [-0.1, -0.05) is 12.1 Å². The van der Waals surface area contributed by atoms with E-state index < -0.39 is 5.91 Å². The van der Waals surface area contributed by atoms with Gasteiger partial charge in [0.2, 0.25) is 5.43 Å². The lowest BCUT2D eigenvalue weighted by molar-refractivity contribution is 0.0942. The normalized spacial score (nSPS) is 11.8. The molecule has 1 aromatic heterocycles. The highest BCUT2D eigenvalue weighted by atomic mass is 35.5. The van der Waals surface area contributed by atoms with E-state index in [1.807, 2.05) is 33.0 Å². The molecule has 0 aliphatic rings. The number of aryl methyl sites for hydroxylation is 1. The second-order valence-corrected chi connectivity index (χ2v) is 4.91. The van der Waals surface area contributed by atoms with E-state index in [0.29, 0.717) is 18.5 Å². The number of rotatable bonds is 5. The molecule has 6 nitrogen and oxygen atoms in total. The molecule has 1 unspecified atom stereocenters. The minimum atomic E-state index is -0.435. The highest BCUT2D eigenvalue weighted by Crippen LogP contribution is 2.09. The summed E-state index contributed by atoms with van der Waals surface area (Å²) in [7, 11) is 1.81. The molecule has 1 atom stereocenters. The third-order valence-electron chi connectivity index (χ3n) is 3.44. The molecule has 0 aliphatic heterocycles. The van der Waals surface area contributed by atoms with Crippen molar-refractivity contribution in [1.29, 1.82) is 0 Å². The number of aromatic nitrogens is 2. The van der Waals surface area contributed by atoms with Gasteiger partial charge < -0.3 is 10.6 Å². The van der Waals surface area contributed by atoms with Crippen LogP contribution in [-0.2, 0) is 6.54 Å². The average Bonchev–Trinajstić information content (AvgIpc) is 2.52. The van der Waals surface area contributed by atoms with Crippen molar-refractivity contribution < 1.29 is 4.79 Å². The SMILES string of the molecule is CCn1nc(C(=O)NCC(C)NC)c(=O)c2ccccc21.Cl. The molecule has 2 N–H and O–H groups in total. The number of halogens is 1. The predicted octanol–water partition coefficient (Wildman–Crippen LogP) is 1.18. The fourth-order valence-corrected chi connectivity index (χ4v) is 2.06. The van der Waals surface area contributed by atoms with Gasteiger partial charge >= 0.3 is 0 Å². The molecule has 0 spiro atoms. The van der Waals surface area contributed by atoms with Crippen molar-refractivity contribution in [2.45, 2.75) is 26.4 Å². The summed E-state index contributed by atoms with van der Waals surface area (Å²) in [5, 5.41) is 10.5. The van der Waals surface area contributed by atoms with E-state index in [1.165, 1.54) is 0 Å². The highest BCUT2D eigenvalue weighted by molar-refractivity contribution is 5.95. The molecular weight excluding hydrogens is 304 g/mol. The van der Waals surface area contributed by atoms with Crippen LogP contribution in [0.3, 0.4) is 0 Å². The number of carbonyl (C=O) groups is 1. The van der Waals surface area contributed by atoms with Crippen LogP contribution in [0.4, 0.5) is 0 Å². The van der Waals surface area contributed by atoms with Crippen molar-refractivity contribution in [3.05, 3.63) is 40.2 Å². The molecule has 0 fully saturated rings. The molecular formula is C15H21ClN4O2. The summed E-state index contributed by atoms with van der Waals surface area (Å²) < 4.78 is 1.67. The summed E-state index contributed by atoms with van der Waals surface area (Å²) in [6.45, 7) is 4.90. The molecule has 1 aromatic carbocycles. The van der Waals surface area contributed by atoms with Crippen molar-refractivity contribution in [2.75, 3.05) is 13.6 Å². The molecule has 0 aliphatic carbocycles. The largest absolute Gasteiger partial charge is 0.349 e. The predicted molar refractivity (Wildman–Crippen MR) is 89.8 cm³/mol. The Hall–Kier alpha value is -1.92. The monoisotopic (exact) mass is 324 g/mol. The van der Waals surface area contributed by atoms with Crippen LogP contribution in [0.25, 0.3) is 10.9 Å². The van der Waals surface area contributed by atoms with Gasteiger partial charge in [0.05, 0.1) is 5.52 Å². The lowest BCUT2D eigenvalue weighted by Gasteiger charge is -2.12.